The summed E-state index contributed by atoms with van der Waals surface area (Å²) >= 11 is 6.96. The first-order valence-corrected chi connectivity index (χ1v) is 12.1. The first-order valence-electron chi connectivity index (χ1n) is 9.33. The zero-order chi connectivity index (χ0) is 23.3. The van der Waals surface area contributed by atoms with E-state index in [2.05, 4.69) is 20.9 Å². The van der Waals surface area contributed by atoms with E-state index in [4.69, 9.17) is 16.7 Å². The molecule has 0 bridgehead atoms. The Labute approximate surface area is 194 Å². The number of aryl methyl sites for hydroxylation is 1. The van der Waals surface area contributed by atoms with Gasteiger partial charge in [0.2, 0.25) is 10.0 Å². The molecule has 0 spiro atoms. The number of amides is 3. The molecule has 0 fully saturated rings. The monoisotopic (exact) mass is 493 g/mol. The quantitative estimate of drug-likeness (QED) is 0.399. The van der Waals surface area contributed by atoms with Crippen molar-refractivity contribution >= 4 is 55.7 Å². The molecule has 0 unspecified atom stereocenters. The topological polar surface area (TPSA) is 143 Å². The number of rotatable bonds is 7. The van der Waals surface area contributed by atoms with Crippen molar-refractivity contribution in [1.29, 1.82) is 0 Å². The smallest absolute Gasteiger partial charge is 0.325 e. The van der Waals surface area contributed by atoms with Crippen LogP contribution in [0.5, 0.6) is 0 Å². The van der Waals surface area contributed by atoms with E-state index in [0.717, 1.165) is 16.9 Å². The number of halogens is 1. The Morgan fingerprint density at radius 2 is 1.84 bits per heavy atom. The Balaban J connectivity index is 1.53. The van der Waals surface area contributed by atoms with E-state index in [1.54, 1.807) is 43.3 Å². The van der Waals surface area contributed by atoms with Crippen LogP contribution in [0.2, 0.25) is 5.02 Å². The number of urea groups is 1. The molecule has 3 rings (SSSR count). The number of nitrogens with one attached hydrogen (secondary N) is 3. The van der Waals surface area contributed by atoms with Crippen molar-refractivity contribution < 1.29 is 18.0 Å². The van der Waals surface area contributed by atoms with Crippen LogP contribution in [0.3, 0.4) is 0 Å². The van der Waals surface area contributed by atoms with E-state index < -0.39 is 16.1 Å². The fraction of sp³-hybridized carbons (Fsp3) is 0.150. The van der Waals surface area contributed by atoms with E-state index in [1.807, 2.05) is 0 Å². The largest absolute Gasteiger partial charge is 0.351 e. The number of carbonyl (C=O) groups excluding carboxylic acids is 2. The summed E-state index contributed by atoms with van der Waals surface area (Å²) in [5.41, 5.74) is 1.86. The molecule has 0 saturated carbocycles. The molecule has 9 nitrogen and oxygen atoms in total. The number of hydrogen-bond acceptors (Lipinski definition) is 6. The van der Waals surface area contributed by atoms with Crippen LogP contribution in [-0.4, -0.2) is 31.9 Å². The predicted octanol–water partition coefficient (Wildman–Crippen LogP) is 3.37. The summed E-state index contributed by atoms with van der Waals surface area (Å²) in [4.78, 5) is 29.3. The minimum Gasteiger partial charge on any atom is -0.351 e. The van der Waals surface area contributed by atoms with Crippen LogP contribution < -0.4 is 21.1 Å². The molecule has 0 aliphatic rings. The Kier molecular flexibility index (Phi) is 7.46. The highest BCUT2D eigenvalue weighted by Crippen LogP contribution is 2.23. The van der Waals surface area contributed by atoms with E-state index in [9.17, 15) is 18.0 Å². The molecule has 1 aromatic heterocycles. The Morgan fingerprint density at radius 1 is 1.12 bits per heavy atom. The number of anilines is 2. The van der Waals surface area contributed by atoms with Gasteiger partial charge in [0, 0.05) is 17.3 Å². The molecule has 0 aliphatic carbocycles. The van der Waals surface area contributed by atoms with Gasteiger partial charge in [-0.1, -0.05) is 41.1 Å². The van der Waals surface area contributed by atoms with Crippen molar-refractivity contribution in [3.63, 3.8) is 0 Å². The minimum atomic E-state index is -3.74. The second kappa shape index (κ2) is 10.1. The second-order valence-electron chi connectivity index (χ2n) is 6.72. The van der Waals surface area contributed by atoms with Crippen molar-refractivity contribution in [2.75, 3.05) is 17.2 Å². The molecule has 5 N–H and O–H groups in total. The molecule has 168 valence electrons. The van der Waals surface area contributed by atoms with Crippen molar-refractivity contribution in [2.45, 2.75) is 18.2 Å². The maximum Gasteiger partial charge on any atom is 0.325 e. The van der Waals surface area contributed by atoms with Crippen molar-refractivity contribution in [1.82, 2.24) is 10.3 Å². The van der Waals surface area contributed by atoms with Gasteiger partial charge in [-0.3, -0.25) is 10.1 Å². The summed E-state index contributed by atoms with van der Waals surface area (Å²) < 4.78 is 22.6. The summed E-state index contributed by atoms with van der Waals surface area (Å²) in [6, 6.07) is 12.3. The predicted molar refractivity (Wildman–Crippen MR) is 125 cm³/mol. The number of hydrogen-bond donors (Lipinski definition) is 4. The van der Waals surface area contributed by atoms with Crippen LogP contribution in [0.4, 0.5) is 15.6 Å². The molecule has 3 aromatic rings. The van der Waals surface area contributed by atoms with E-state index >= 15 is 0 Å². The van der Waals surface area contributed by atoms with Gasteiger partial charge in [0.05, 0.1) is 10.6 Å². The van der Waals surface area contributed by atoms with Gasteiger partial charge in [-0.2, -0.15) is 0 Å². The highest BCUT2D eigenvalue weighted by atomic mass is 35.5. The Bertz CT molecular complexity index is 1240. The summed E-state index contributed by atoms with van der Waals surface area (Å²) in [5, 5.41) is 13.9. The van der Waals surface area contributed by atoms with E-state index in [1.165, 1.54) is 12.1 Å². The lowest BCUT2D eigenvalue weighted by Gasteiger charge is -2.06. The van der Waals surface area contributed by atoms with Crippen LogP contribution in [0.25, 0.3) is 0 Å². The first kappa shape index (κ1) is 23.7. The van der Waals surface area contributed by atoms with Crippen molar-refractivity contribution in [3.8, 4) is 0 Å². The molecular formula is C20H20ClN5O4S2. The van der Waals surface area contributed by atoms with Gasteiger partial charge in [0.15, 0.2) is 5.13 Å². The third kappa shape index (κ3) is 6.50. The first-order chi connectivity index (χ1) is 15.1. The standard InChI is InChI=1S/C20H20ClN5O4S2/c1-12-17(18(27)23-10-9-13-5-7-16(8-6-13)32(22,29)30)31-20(24-12)26-19(28)25-15-4-2-3-14(21)11-15/h2-8,11H,9-10H2,1H3,(H,23,27)(H2,22,29,30)(H2,24,25,26,28). The molecule has 0 radical (unpaired) electrons. The van der Waals surface area contributed by atoms with Crippen molar-refractivity contribution in [3.05, 3.63) is 69.7 Å². The van der Waals surface area contributed by atoms with Crippen LogP contribution in [-0.2, 0) is 16.4 Å². The second-order valence-corrected chi connectivity index (χ2v) is 9.71. The number of primary sulfonamides is 1. The fourth-order valence-corrected chi connectivity index (χ4v) is 4.32. The van der Waals surface area contributed by atoms with Gasteiger partial charge < -0.3 is 10.6 Å². The lowest BCUT2D eigenvalue weighted by atomic mass is 10.1. The number of nitrogens with zero attached hydrogens (tertiary/aromatic N) is 1. The fourth-order valence-electron chi connectivity index (χ4n) is 2.73. The number of thiazole rings is 1. The third-order valence-electron chi connectivity index (χ3n) is 4.26. The number of aromatic nitrogens is 1. The van der Waals surface area contributed by atoms with Crippen molar-refractivity contribution in [2.24, 2.45) is 5.14 Å². The molecule has 0 aliphatic heterocycles. The molecule has 12 heteroatoms. The minimum absolute atomic E-state index is 0.0324. The molecule has 0 saturated heterocycles. The van der Waals surface area contributed by atoms with Crippen LogP contribution in [0, 0.1) is 6.92 Å². The zero-order valence-electron chi connectivity index (χ0n) is 16.9. The maximum absolute atomic E-state index is 12.5. The molecule has 3 amide bonds. The third-order valence-corrected chi connectivity index (χ3v) is 6.49. The number of carbonyl (C=O) groups is 2. The summed E-state index contributed by atoms with van der Waals surface area (Å²) in [6.07, 6.45) is 0.502. The Morgan fingerprint density at radius 3 is 2.50 bits per heavy atom. The normalized spacial score (nSPS) is 11.1. The van der Waals surface area contributed by atoms with Gasteiger partial charge >= 0.3 is 6.03 Å². The van der Waals surface area contributed by atoms with Gasteiger partial charge in [0.25, 0.3) is 5.91 Å². The summed E-state index contributed by atoms with van der Waals surface area (Å²) in [5.74, 6) is -0.315. The van der Waals surface area contributed by atoms with Crippen LogP contribution >= 0.6 is 22.9 Å². The molecular weight excluding hydrogens is 474 g/mol. The summed E-state index contributed by atoms with van der Waals surface area (Å²) in [7, 11) is -3.74. The summed E-state index contributed by atoms with van der Waals surface area (Å²) in [6.45, 7) is 2.01. The number of benzene rings is 2. The molecule has 32 heavy (non-hydrogen) atoms. The lowest BCUT2D eigenvalue weighted by molar-refractivity contribution is 0.0957. The van der Waals surface area contributed by atoms with E-state index in [-0.39, 0.29) is 15.9 Å². The van der Waals surface area contributed by atoms with Gasteiger partial charge in [-0.05, 0) is 49.2 Å². The Hall–Kier alpha value is -2.99. The van der Waals surface area contributed by atoms with Crippen LogP contribution in [0.15, 0.2) is 53.4 Å². The average Bonchev–Trinajstić information content (AvgIpc) is 3.07. The lowest BCUT2D eigenvalue weighted by Crippen LogP contribution is -2.25. The van der Waals surface area contributed by atoms with Gasteiger partial charge in [-0.25, -0.2) is 23.3 Å². The highest BCUT2D eigenvalue weighted by Gasteiger charge is 2.16. The SMILES string of the molecule is Cc1nc(NC(=O)Nc2cccc(Cl)c2)sc1C(=O)NCCc1ccc(S(N)(=O)=O)cc1. The average molecular weight is 494 g/mol. The van der Waals surface area contributed by atoms with Gasteiger partial charge in [0.1, 0.15) is 4.88 Å². The molecule has 2 aromatic carbocycles. The molecule has 1 heterocycles. The van der Waals surface area contributed by atoms with E-state index in [0.29, 0.717) is 34.2 Å². The van der Waals surface area contributed by atoms with Crippen LogP contribution in [0.1, 0.15) is 20.9 Å². The van der Waals surface area contributed by atoms with Gasteiger partial charge in [-0.15, -0.1) is 0 Å². The zero-order valence-corrected chi connectivity index (χ0v) is 19.3. The number of nitrogens with two attached hydrogens (primary N) is 1. The molecule has 0 atom stereocenters. The number of sulfonamides is 1. The highest BCUT2D eigenvalue weighted by molar-refractivity contribution is 7.89. The maximum atomic E-state index is 12.5.